The lowest BCUT2D eigenvalue weighted by atomic mass is 9.79. The number of fused-ring (bicyclic) bond motifs is 1. The van der Waals surface area contributed by atoms with Gasteiger partial charge in [-0.2, -0.15) is 0 Å². The van der Waals surface area contributed by atoms with E-state index in [2.05, 4.69) is 5.32 Å². The van der Waals surface area contributed by atoms with Gasteiger partial charge in [-0.3, -0.25) is 14.4 Å². The minimum Gasteiger partial charge on any atom is -0.481 e. The number of rotatable bonds is 10. The summed E-state index contributed by atoms with van der Waals surface area (Å²) in [6.45, 7) is 4.36. The predicted octanol–water partition coefficient (Wildman–Crippen LogP) is 1.28. The van der Waals surface area contributed by atoms with Gasteiger partial charge in [-0.1, -0.05) is 31.2 Å². The molecule has 0 radical (unpaired) electrons. The molecule has 0 spiro atoms. The van der Waals surface area contributed by atoms with Gasteiger partial charge >= 0.3 is 11.9 Å². The third kappa shape index (κ3) is 5.39. The number of aliphatic hydroxyl groups excluding tert-OH is 1. The number of benzene rings is 1. The van der Waals surface area contributed by atoms with E-state index in [4.69, 9.17) is 5.11 Å². The summed E-state index contributed by atoms with van der Waals surface area (Å²) in [5.41, 5.74) is 1.82. The van der Waals surface area contributed by atoms with Crippen molar-refractivity contribution in [1.82, 2.24) is 15.1 Å². The van der Waals surface area contributed by atoms with Crippen molar-refractivity contribution in [2.45, 2.75) is 63.1 Å². The van der Waals surface area contributed by atoms with Crippen LogP contribution < -0.4 is 5.32 Å². The SMILES string of the molecule is CC(O)C1C(=O)N2C(C(=O)O)=C(SC3CNC(C(=O)N(C)Cc4cccc(CCC(=O)O)c4)C3)C(C)C12. The average Bonchev–Trinajstić information content (AvgIpc) is 3.39. The number of nitrogens with one attached hydrogen (secondary N) is 1. The molecule has 200 valence electrons. The van der Waals surface area contributed by atoms with Gasteiger partial charge in [0.05, 0.1) is 24.1 Å². The number of amides is 2. The lowest BCUT2D eigenvalue weighted by Gasteiger charge is -2.46. The fraction of sp³-hybridized carbons (Fsp3) is 0.538. The Morgan fingerprint density at radius 1 is 1.24 bits per heavy atom. The van der Waals surface area contributed by atoms with E-state index < -0.39 is 30.0 Å². The molecule has 0 bridgehead atoms. The fourth-order valence-corrected chi connectivity index (χ4v) is 7.07. The number of carboxylic acids is 2. The summed E-state index contributed by atoms with van der Waals surface area (Å²) < 4.78 is 0. The minimum absolute atomic E-state index is 0.000857. The first kappa shape index (κ1) is 27.2. The first-order valence-corrected chi connectivity index (χ1v) is 13.3. The number of aryl methyl sites for hydroxylation is 1. The Labute approximate surface area is 219 Å². The number of carbonyl (C=O) groups excluding carboxylic acids is 2. The molecule has 4 rings (SSSR count). The summed E-state index contributed by atoms with van der Waals surface area (Å²) in [7, 11) is 1.73. The van der Waals surface area contributed by atoms with Crippen molar-refractivity contribution in [3.05, 3.63) is 46.0 Å². The zero-order chi connectivity index (χ0) is 27.0. The summed E-state index contributed by atoms with van der Waals surface area (Å²) >= 11 is 1.41. The van der Waals surface area contributed by atoms with Crippen LogP contribution in [-0.4, -0.2) is 85.9 Å². The van der Waals surface area contributed by atoms with Gasteiger partial charge in [-0.25, -0.2) is 4.79 Å². The lowest BCUT2D eigenvalue weighted by molar-refractivity contribution is -0.163. The highest BCUT2D eigenvalue weighted by atomic mass is 32.2. The Balaban J connectivity index is 1.37. The van der Waals surface area contributed by atoms with Crippen LogP contribution in [0, 0.1) is 11.8 Å². The van der Waals surface area contributed by atoms with Crippen molar-refractivity contribution in [2.24, 2.45) is 11.8 Å². The lowest BCUT2D eigenvalue weighted by Crippen LogP contribution is -2.63. The van der Waals surface area contributed by atoms with Crippen molar-refractivity contribution < 1.29 is 34.5 Å². The quantitative estimate of drug-likeness (QED) is 0.328. The van der Waals surface area contributed by atoms with Gasteiger partial charge in [0.2, 0.25) is 11.8 Å². The Morgan fingerprint density at radius 2 is 1.95 bits per heavy atom. The van der Waals surface area contributed by atoms with Crippen LogP contribution in [0.2, 0.25) is 0 Å². The minimum atomic E-state index is -1.15. The molecule has 1 aromatic carbocycles. The van der Waals surface area contributed by atoms with Crippen LogP contribution in [0.15, 0.2) is 34.9 Å². The van der Waals surface area contributed by atoms with Crippen molar-refractivity contribution in [1.29, 1.82) is 0 Å². The van der Waals surface area contributed by atoms with E-state index in [9.17, 15) is 29.4 Å². The molecule has 3 aliphatic rings. The molecule has 11 heteroatoms. The maximum atomic E-state index is 13.1. The molecule has 6 unspecified atom stereocenters. The second-order valence-electron chi connectivity index (χ2n) is 10.1. The number of thioether (sulfide) groups is 1. The molecular weight excluding hydrogens is 498 g/mol. The maximum absolute atomic E-state index is 13.1. The van der Waals surface area contributed by atoms with Crippen molar-refractivity contribution >= 4 is 35.5 Å². The molecule has 4 N–H and O–H groups in total. The molecule has 10 nitrogen and oxygen atoms in total. The van der Waals surface area contributed by atoms with Crippen LogP contribution in [0.5, 0.6) is 0 Å². The Morgan fingerprint density at radius 3 is 2.59 bits per heavy atom. The first-order chi connectivity index (χ1) is 17.5. The molecule has 0 aliphatic carbocycles. The van der Waals surface area contributed by atoms with Gasteiger partial charge < -0.3 is 30.4 Å². The molecule has 3 aliphatic heterocycles. The van der Waals surface area contributed by atoms with Crippen LogP contribution in [0.3, 0.4) is 0 Å². The fourth-order valence-electron chi connectivity index (χ4n) is 5.59. The van der Waals surface area contributed by atoms with Crippen LogP contribution in [0.25, 0.3) is 0 Å². The summed E-state index contributed by atoms with van der Waals surface area (Å²) in [5.74, 6) is -3.24. The van der Waals surface area contributed by atoms with Crippen LogP contribution >= 0.6 is 11.8 Å². The second-order valence-corrected chi connectivity index (χ2v) is 11.5. The van der Waals surface area contributed by atoms with E-state index in [1.807, 2.05) is 31.2 Å². The standard InChI is InChI=1S/C26H33N3O7S/c1-13-21-20(14(2)30)25(34)29(21)22(26(35)36)23(13)37-17-10-18(27-11-17)24(33)28(3)12-16-6-4-5-15(9-16)7-8-19(31)32/h4-6,9,13-14,17-18,20-21,27,30H,7-8,10-12H2,1-3H3,(H,31,32)(H,35,36). The number of carboxylic acid groups (broad SMARTS) is 2. The number of hydrogen-bond donors (Lipinski definition) is 4. The normalized spacial score (nSPS) is 27.6. The molecule has 37 heavy (non-hydrogen) atoms. The van der Waals surface area contributed by atoms with Crippen LogP contribution in [0.1, 0.15) is 37.8 Å². The third-order valence-electron chi connectivity index (χ3n) is 7.41. The molecular formula is C26H33N3O7S. The van der Waals surface area contributed by atoms with Crippen molar-refractivity contribution in [2.75, 3.05) is 13.6 Å². The number of aliphatic hydroxyl groups is 1. The number of hydrogen-bond acceptors (Lipinski definition) is 7. The van der Waals surface area contributed by atoms with Gasteiger partial charge in [0.1, 0.15) is 5.70 Å². The number of likely N-dealkylation sites (N-methyl/N-ethyl adjacent to an activating group) is 1. The molecule has 3 heterocycles. The molecule has 6 atom stereocenters. The predicted molar refractivity (Wildman–Crippen MR) is 136 cm³/mol. The van der Waals surface area contributed by atoms with Crippen LogP contribution in [0.4, 0.5) is 0 Å². The van der Waals surface area contributed by atoms with Gasteiger partial charge in [-0.15, -0.1) is 11.8 Å². The number of aliphatic carboxylic acids is 2. The Hall–Kier alpha value is -2.89. The second kappa shape index (κ2) is 10.8. The molecule has 2 saturated heterocycles. The Kier molecular flexibility index (Phi) is 7.96. The molecule has 2 fully saturated rings. The van der Waals surface area contributed by atoms with E-state index >= 15 is 0 Å². The van der Waals surface area contributed by atoms with Crippen molar-refractivity contribution in [3.8, 4) is 0 Å². The molecule has 0 aromatic heterocycles. The number of carbonyl (C=O) groups is 4. The highest BCUT2D eigenvalue weighted by Gasteiger charge is 2.60. The Bertz CT molecular complexity index is 1140. The van der Waals surface area contributed by atoms with E-state index in [0.29, 0.717) is 30.8 Å². The van der Waals surface area contributed by atoms with E-state index in [1.165, 1.54) is 16.7 Å². The monoisotopic (exact) mass is 531 g/mol. The van der Waals surface area contributed by atoms with E-state index in [1.54, 1.807) is 18.9 Å². The van der Waals surface area contributed by atoms with Gasteiger partial charge in [0.25, 0.3) is 0 Å². The highest BCUT2D eigenvalue weighted by Crippen LogP contribution is 2.51. The zero-order valence-electron chi connectivity index (χ0n) is 21.1. The third-order valence-corrected chi connectivity index (χ3v) is 8.92. The van der Waals surface area contributed by atoms with E-state index in [0.717, 1.165) is 11.1 Å². The smallest absolute Gasteiger partial charge is 0.353 e. The molecule has 0 saturated carbocycles. The molecule has 2 amide bonds. The van der Waals surface area contributed by atoms with Gasteiger partial charge in [-0.05, 0) is 30.9 Å². The zero-order valence-corrected chi connectivity index (χ0v) is 21.9. The number of β-lactam (4-membered cyclic amide) rings is 1. The first-order valence-electron chi connectivity index (χ1n) is 12.4. The topological polar surface area (TPSA) is 147 Å². The summed E-state index contributed by atoms with van der Waals surface area (Å²) in [5, 5.41) is 32.0. The summed E-state index contributed by atoms with van der Waals surface area (Å²) in [6.07, 6.45) is 0.153. The van der Waals surface area contributed by atoms with Crippen LogP contribution in [-0.2, 0) is 32.1 Å². The molecule has 1 aromatic rings. The largest absolute Gasteiger partial charge is 0.481 e. The van der Waals surface area contributed by atoms with Crippen molar-refractivity contribution in [3.63, 3.8) is 0 Å². The average molecular weight is 532 g/mol. The number of nitrogens with zero attached hydrogens (tertiary/aromatic N) is 2. The maximum Gasteiger partial charge on any atom is 0.353 e. The summed E-state index contributed by atoms with van der Waals surface area (Å²) in [4.78, 5) is 52.2. The summed E-state index contributed by atoms with van der Waals surface area (Å²) in [6, 6.07) is 6.79. The van der Waals surface area contributed by atoms with E-state index in [-0.39, 0.29) is 41.1 Å². The highest BCUT2D eigenvalue weighted by molar-refractivity contribution is 8.03. The van der Waals surface area contributed by atoms with Gasteiger partial charge in [0, 0.05) is 42.6 Å². The van der Waals surface area contributed by atoms with Gasteiger partial charge in [0.15, 0.2) is 0 Å².